The van der Waals surface area contributed by atoms with Crippen LogP contribution in [0.2, 0.25) is 18.1 Å². The number of aryl methyl sites for hydroxylation is 1. The third kappa shape index (κ3) is 2.92. The zero-order valence-corrected chi connectivity index (χ0v) is 21.4. The minimum atomic E-state index is -1.89. The lowest BCUT2D eigenvalue weighted by Gasteiger charge is -2.50. The van der Waals surface area contributed by atoms with E-state index in [0.29, 0.717) is 0 Å². The summed E-state index contributed by atoms with van der Waals surface area (Å²) in [7, 11) is 0.282. The Morgan fingerprint density at radius 1 is 1.20 bits per heavy atom. The molecule has 30 heavy (non-hydrogen) atoms. The average Bonchev–Trinajstić information content (AvgIpc) is 2.98. The monoisotopic (exact) mass is 421 g/mol. The first-order chi connectivity index (χ1) is 13.7. The number of benzene rings is 1. The molecule has 0 fully saturated rings. The molecule has 162 valence electrons. The Kier molecular flexibility index (Phi) is 4.66. The molecular weight excluding hydrogens is 382 g/mol. The van der Waals surface area contributed by atoms with Gasteiger partial charge in [0, 0.05) is 40.5 Å². The molecule has 2 atom stereocenters. The maximum atomic E-state index is 7.09. The molecule has 3 heteroatoms. The summed E-state index contributed by atoms with van der Waals surface area (Å²) in [5.74, 6) is 0. The Morgan fingerprint density at radius 3 is 2.47 bits per heavy atom. The lowest BCUT2D eigenvalue weighted by Crippen LogP contribution is -2.50. The lowest BCUT2D eigenvalue weighted by molar-refractivity contribution is 0.0742. The van der Waals surface area contributed by atoms with Crippen LogP contribution >= 0.6 is 0 Å². The minimum absolute atomic E-state index is 0.0146. The molecule has 0 aliphatic heterocycles. The van der Waals surface area contributed by atoms with E-state index in [4.69, 9.17) is 4.43 Å². The maximum Gasteiger partial charge on any atom is 0.192 e. The normalized spacial score (nSPS) is 26.1. The first-order valence-corrected chi connectivity index (χ1v) is 14.3. The van der Waals surface area contributed by atoms with E-state index in [1.807, 2.05) is 0 Å². The molecular formula is C27H39NOSi. The van der Waals surface area contributed by atoms with Crippen LogP contribution in [0, 0.1) is 5.41 Å². The van der Waals surface area contributed by atoms with Gasteiger partial charge in [0.25, 0.3) is 0 Å². The molecule has 2 nitrogen and oxygen atoms in total. The van der Waals surface area contributed by atoms with Crippen molar-refractivity contribution in [1.82, 2.24) is 4.57 Å². The van der Waals surface area contributed by atoms with Crippen molar-refractivity contribution in [3.63, 3.8) is 0 Å². The number of hydrogen-bond donors (Lipinski definition) is 0. The molecule has 4 rings (SSSR count). The van der Waals surface area contributed by atoms with Crippen LogP contribution in [0.25, 0.3) is 16.5 Å². The van der Waals surface area contributed by atoms with Gasteiger partial charge < -0.3 is 8.99 Å². The van der Waals surface area contributed by atoms with Crippen LogP contribution in [0.1, 0.15) is 65.5 Å². The maximum absolute atomic E-state index is 7.09. The van der Waals surface area contributed by atoms with Crippen molar-refractivity contribution in [3.8, 4) is 0 Å². The lowest BCUT2D eigenvalue weighted by atomic mass is 9.60. The van der Waals surface area contributed by atoms with E-state index >= 15 is 0 Å². The van der Waals surface area contributed by atoms with E-state index < -0.39 is 8.32 Å². The highest BCUT2D eigenvalue weighted by molar-refractivity contribution is 6.74. The van der Waals surface area contributed by atoms with E-state index in [-0.39, 0.29) is 22.0 Å². The summed E-state index contributed by atoms with van der Waals surface area (Å²) >= 11 is 0. The van der Waals surface area contributed by atoms with Gasteiger partial charge in [-0.15, -0.1) is 6.58 Å². The summed E-state index contributed by atoms with van der Waals surface area (Å²) in [4.78, 5) is 0. The minimum Gasteiger partial charge on any atom is -0.413 e. The number of hydrogen-bond acceptors (Lipinski definition) is 1. The second kappa shape index (κ2) is 6.46. The van der Waals surface area contributed by atoms with Gasteiger partial charge in [-0.1, -0.05) is 65.3 Å². The summed E-state index contributed by atoms with van der Waals surface area (Å²) in [5.41, 5.74) is 7.28. The van der Waals surface area contributed by atoms with Crippen LogP contribution in [-0.4, -0.2) is 19.0 Å². The quantitative estimate of drug-likeness (QED) is 0.367. The van der Waals surface area contributed by atoms with E-state index in [1.165, 1.54) is 27.6 Å². The van der Waals surface area contributed by atoms with Crippen LogP contribution in [0.15, 0.2) is 42.6 Å². The first kappa shape index (κ1) is 21.6. The van der Waals surface area contributed by atoms with E-state index in [2.05, 4.69) is 103 Å². The van der Waals surface area contributed by atoms with Crippen molar-refractivity contribution in [3.05, 3.63) is 53.8 Å². The summed E-state index contributed by atoms with van der Waals surface area (Å²) in [5, 5.41) is 1.64. The number of aromatic nitrogens is 1. The fraction of sp³-hybridized carbons (Fsp3) is 0.556. The molecule has 0 bridgehead atoms. The standard InChI is InChI=1S/C27H39NOSi/c1-11-27(7)16-18-19-17-28(8)22-14-12-13-20(24(19)22)26(5,6)21(18)15-23(27)29-30(9,10)25(2,3)4/h11-14,17,23H,1,15-16H2,2-10H3/t23-,27-/m1/s1. The summed E-state index contributed by atoms with van der Waals surface area (Å²) in [6.07, 6.45) is 6.68. The number of fused-ring (bicyclic) bond motifs is 1. The van der Waals surface area contributed by atoms with Crippen LogP contribution in [0.5, 0.6) is 0 Å². The van der Waals surface area contributed by atoms with Crippen LogP contribution < -0.4 is 0 Å². The summed E-state index contributed by atoms with van der Waals surface area (Å²) in [6, 6.07) is 6.80. The SMILES string of the molecule is C=C[C@]1(C)CC2=C(C[C@H]1O[Si](C)(C)C(C)(C)C)C(C)(C)c1cccc3c1c2cn3C. The van der Waals surface area contributed by atoms with Crippen LogP contribution in [-0.2, 0) is 16.9 Å². The predicted molar refractivity (Wildman–Crippen MR) is 132 cm³/mol. The molecule has 0 unspecified atom stereocenters. The van der Waals surface area contributed by atoms with Gasteiger partial charge in [0.05, 0.1) is 6.10 Å². The Morgan fingerprint density at radius 2 is 1.87 bits per heavy atom. The van der Waals surface area contributed by atoms with Crippen molar-refractivity contribution in [2.24, 2.45) is 12.5 Å². The molecule has 1 aromatic heterocycles. The van der Waals surface area contributed by atoms with Gasteiger partial charge in [0.2, 0.25) is 0 Å². The average molecular weight is 422 g/mol. The molecule has 0 saturated carbocycles. The molecule has 0 saturated heterocycles. The Bertz CT molecular complexity index is 1060. The van der Waals surface area contributed by atoms with E-state index in [1.54, 1.807) is 5.57 Å². The molecule has 2 aromatic rings. The summed E-state index contributed by atoms with van der Waals surface area (Å²) in [6.45, 7) is 23.2. The Labute approximate surface area is 184 Å². The zero-order valence-electron chi connectivity index (χ0n) is 20.4. The molecule has 2 aliphatic rings. The van der Waals surface area contributed by atoms with Crippen molar-refractivity contribution in [2.75, 3.05) is 0 Å². The molecule has 1 aromatic carbocycles. The largest absolute Gasteiger partial charge is 0.413 e. The molecule has 0 N–H and O–H groups in total. The molecule has 0 radical (unpaired) electrons. The Balaban J connectivity index is 1.88. The highest BCUT2D eigenvalue weighted by atomic mass is 28.4. The first-order valence-electron chi connectivity index (χ1n) is 11.4. The second-order valence-corrected chi connectivity index (χ2v) is 16.6. The molecule has 0 spiro atoms. The molecule has 0 amide bonds. The number of nitrogens with zero attached hydrogens (tertiary/aromatic N) is 1. The molecule has 1 heterocycles. The van der Waals surface area contributed by atoms with Crippen molar-refractivity contribution < 1.29 is 4.43 Å². The number of rotatable bonds is 3. The van der Waals surface area contributed by atoms with Gasteiger partial charge in [-0.25, -0.2) is 0 Å². The predicted octanol–water partition coefficient (Wildman–Crippen LogP) is 7.60. The third-order valence-corrected chi connectivity index (χ3v) is 13.0. The van der Waals surface area contributed by atoms with Crippen molar-refractivity contribution in [1.29, 1.82) is 0 Å². The highest BCUT2D eigenvalue weighted by Crippen LogP contribution is 2.57. The van der Waals surface area contributed by atoms with Crippen molar-refractivity contribution >= 4 is 24.8 Å². The van der Waals surface area contributed by atoms with Gasteiger partial charge in [0.15, 0.2) is 8.32 Å². The highest BCUT2D eigenvalue weighted by Gasteiger charge is 2.49. The van der Waals surface area contributed by atoms with Crippen LogP contribution in [0.3, 0.4) is 0 Å². The fourth-order valence-electron chi connectivity index (χ4n) is 5.30. The second-order valence-electron chi connectivity index (χ2n) is 11.9. The molecule has 2 aliphatic carbocycles. The van der Waals surface area contributed by atoms with Gasteiger partial charge in [-0.05, 0) is 48.2 Å². The fourth-order valence-corrected chi connectivity index (χ4v) is 6.72. The van der Waals surface area contributed by atoms with E-state index in [9.17, 15) is 0 Å². The number of allylic oxidation sites excluding steroid dienone is 1. The van der Waals surface area contributed by atoms with Crippen LogP contribution in [0.4, 0.5) is 0 Å². The topological polar surface area (TPSA) is 14.2 Å². The van der Waals surface area contributed by atoms with Gasteiger partial charge in [-0.3, -0.25) is 0 Å². The smallest absolute Gasteiger partial charge is 0.192 e. The third-order valence-electron chi connectivity index (χ3n) is 8.52. The van der Waals surface area contributed by atoms with Gasteiger partial charge in [-0.2, -0.15) is 0 Å². The Hall–Kier alpha value is -1.58. The zero-order chi connectivity index (χ0) is 22.3. The van der Waals surface area contributed by atoms with Gasteiger partial charge in [0.1, 0.15) is 0 Å². The van der Waals surface area contributed by atoms with Gasteiger partial charge >= 0.3 is 0 Å². The van der Waals surface area contributed by atoms with Crippen molar-refractivity contribution in [2.45, 2.75) is 84.0 Å². The van der Waals surface area contributed by atoms with E-state index in [0.717, 1.165) is 12.8 Å². The summed E-state index contributed by atoms with van der Waals surface area (Å²) < 4.78 is 9.38.